The topological polar surface area (TPSA) is 157 Å². The third-order valence-electron chi connectivity index (χ3n) is 14.4. The summed E-state index contributed by atoms with van der Waals surface area (Å²) >= 11 is 0. The Balaban J connectivity index is 1.29. The number of carboxylic acids is 1. The largest absolute Gasteiger partial charge is 0.480 e. The summed E-state index contributed by atoms with van der Waals surface area (Å²) in [5, 5.41) is 11.0. The van der Waals surface area contributed by atoms with Crippen molar-refractivity contribution in [3.8, 4) is 0 Å². The molecule has 0 bridgehead atoms. The second kappa shape index (κ2) is 34.1. The average molecular weight is 1100 g/mol. The molecule has 0 aromatic heterocycles. The first kappa shape index (κ1) is 61.3. The Morgan fingerprint density at radius 1 is 0.444 bits per heavy atom. The molecule has 1 aliphatic rings. The summed E-state index contributed by atoms with van der Waals surface area (Å²) in [7, 11) is 0. The summed E-state index contributed by atoms with van der Waals surface area (Å²) in [6.45, 7) is 7.76. The number of rotatable bonds is 29. The molecule has 1 N–H and O–H groups in total. The Labute approximate surface area is 477 Å². The van der Waals surface area contributed by atoms with E-state index in [2.05, 4.69) is 6.58 Å². The molecule has 81 heavy (non-hydrogen) atoms. The van der Waals surface area contributed by atoms with Crippen molar-refractivity contribution in [2.45, 2.75) is 89.6 Å². The number of benzene rings is 6. The van der Waals surface area contributed by atoms with Crippen LogP contribution in [0.1, 0.15) is 53.1 Å². The molecule has 1 aliphatic heterocycles. The smallest absolute Gasteiger partial charge is 0.326 e. The van der Waals surface area contributed by atoms with Crippen molar-refractivity contribution >= 4 is 23.9 Å². The molecular weight excluding hydrogens is 1020 g/mol. The SMILES string of the molecule is C=CCCC(C(=O)O)N1CCN(C(COCc2ccccc2)C(=O)OCc2ccccc2)CCN(C(COCc2ccccc2)C(=O)OCc2ccccc2)CCN(C(COCc2ccccc2)C(=O)OCc2ccccc2)CC1C. The average Bonchev–Trinajstić information content (AvgIpc) is 3.57. The Hall–Kier alpha value is -7.34. The van der Waals surface area contributed by atoms with E-state index in [4.69, 9.17) is 28.4 Å². The second-order valence-electron chi connectivity index (χ2n) is 20.2. The van der Waals surface area contributed by atoms with Crippen molar-refractivity contribution in [2.24, 2.45) is 0 Å². The van der Waals surface area contributed by atoms with E-state index in [0.717, 1.165) is 33.4 Å². The van der Waals surface area contributed by atoms with Crippen LogP contribution in [0.25, 0.3) is 0 Å². The molecule has 0 radical (unpaired) electrons. The molecule has 6 aromatic carbocycles. The highest BCUT2D eigenvalue weighted by Gasteiger charge is 2.38. The quantitative estimate of drug-likeness (QED) is 0.0270. The number of carbonyl (C=O) groups excluding carboxylic acids is 3. The first-order chi connectivity index (χ1) is 39.6. The van der Waals surface area contributed by atoms with Gasteiger partial charge in [-0.05, 0) is 53.1 Å². The molecule has 1 saturated heterocycles. The van der Waals surface area contributed by atoms with Gasteiger partial charge in [0.05, 0.1) is 39.6 Å². The number of esters is 3. The minimum atomic E-state index is -1.01. The number of nitrogens with zero attached hydrogens (tertiary/aromatic N) is 4. The van der Waals surface area contributed by atoms with Crippen LogP contribution in [-0.2, 0) is 87.2 Å². The molecule has 6 aromatic rings. The van der Waals surface area contributed by atoms with E-state index in [-0.39, 0.29) is 112 Å². The van der Waals surface area contributed by atoms with Gasteiger partial charge in [0.15, 0.2) is 0 Å². The number of allylic oxidation sites excluding steroid dienone is 1. The van der Waals surface area contributed by atoms with Gasteiger partial charge in [0.1, 0.15) is 44.0 Å². The molecule has 1 heterocycles. The van der Waals surface area contributed by atoms with Crippen molar-refractivity contribution in [1.82, 2.24) is 19.6 Å². The minimum absolute atomic E-state index is 0.0209. The zero-order valence-electron chi connectivity index (χ0n) is 46.5. The van der Waals surface area contributed by atoms with Crippen LogP contribution in [-0.4, -0.2) is 144 Å². The standard InChI is InChI=1S/C66H78N4O11/c1-3-4-35-59(63(71)72)70-41-40-68(61(50-77-44-54-25-13-6-14-26-54)65(74)80-47-57-31-19-9-20-32-57)37-36-67(60(49-76-43-53-23-11-5-12-24-53)64(73)79-46-56-29-17-8-18-30-56)38-39-69(42-52(70)2)62(51-78-45-55-27-15-7-16-28-55)66(75)81-48-58-33-21-10-22-34-58/h3,5-34,52,59-62H,1,4,35-51H2,2H3,(H,71,72). The molecule has 15 heteroatoms. The van der Waals surface area contributed by atoms with E-state index < -0.39 is 54.1 Å². The van der Waals surface area contributed by atoms with E-state index >= 15 is 0 Å². The van der Waals surface area contributed by atoms with Crippen LogP contribution in [0, 0.1) is 0 Å². The Bertz CT molecular complexity index is 2760. The van der Waals surface area contributed by atoms with Crippen molar-refractivity contribution in [3.05, 3.63) is 228 Å². The Kier molecular flexibility index (Phi) is 25.8. The van der Waals surface area contributed by atoms with E-state index in [9.17, 15) is 24.3 Å². The molecular formula is C66H78N4O11. The first-order valence-corrected chi connectivity index (χ1v) is 27.9. The highest BCUT2D eigenvalue weighted by atomic mass is 16.6. The maximum Gasteiger partial charge on any atom is 0.326 e. The maximum absolute atomic E-state index is 14.9. The molecule has 7 rings (SSSR count). The lowest BCUT2D eigenvalue weighted by Gasteiger charge is -2.42. The van der Waals surface area contributed by atoms with Gasteiger partial charge in [-0.3, -0.25) is 38.8 Å². The molecule has 0 saturated carbocycles. The highest BCUT2D eigenvalue weighted by Crippen LogP contribution is 2.21. The van der Waals surface area contributed by atoms with Gasteiger partial charge >= 0.3 is 23.9 Å². The van der Waals surface area contributed by atoms with E-state index in [1.165, 1.54) is 0 Å². The number of carbonyl (C=O) groups is 4. The van der Waals surface area contributed by atoms with E-state index in [1.54, 1.807) is 6.08 Å². The van der Waals surface area contributed by atoms with Crippen LogP contribution in [0.2, 0.25) is 0 Å². The molecule has 5 unspecified atom stereocenters. The summed E-state index contributed by atoms with van der Waals surface area (Å²) in [5.74, 6) is -2.56. The molecule has 0 amide bonds. The van der Waals surface area contributed by atoms with Gasteiger partial charge in [-0.1, -0.05) is 188 Å². The molecule has 428 valence electrons. The number of hydrogen-bond donors (Lipinski definition) is 1. The fourth-order valence-corrected chi connectivity index (χ4v) is 9.84. The van der Waals surface area contributed by atoms with Crippen molar-refractivity contribution in [1.29, 1.82) is 0 Å². The van der Waals surface area contributed by atoms with Gasteiger partial charge in [-0.15, -0.1) is 6.58 Å². The predicted octanol–water partition coefficient (Wildman–Crippen LogP) is 9.00. The predicted molar refractivity (Wildman–Crippen MR) is 310 cm³/mol. The van der Waals surface area contributed by atoms with Crippen molar-refractivity contribution in [3.63, 3.8) is 0 Å². The molecule has 1 fully saturated rings. The van der Waals surface area contributed by atoms with Crippen LogP contribution in [0.5, 0.6) is 0 Å². The van der Waals surface area contributed by atoms with Crippen LogP contribution in [0.4, 0.5) is 0 Å². The zero-order chi connectivity index (χ0) is 56.9. The van der Waals surface area contributed by atoms with Gasteiger partial charge in [0.2, 0.25) is 0 Å². The lowest BCUT2D eigenvalue weighted by atomic mass is 10.1. The first-order valence-electron chi connectivity index (χ1n) is 27.9. The lowest BCUT2D eigenvalue weighted by molar-refractivity contribution is -0.159. The van der Waals surface area contributed by atoms with Crippen LogP contribution >= 0.6 is 0 Å². The third-order valence-corrected chi connectivity index (χ3v) is 14.4. The van der Waals surface area contributed by atoms with Crippen LogP contribution in [0.15, 0.2) is 195 Å². The van der Waals surface area contributed by atoms with Crippen molar-refractivity contribution < 1.29 is 52.7 Å². The summed E-state index contributed by atoms with van der Waals surface area (Å²) in [6, 6.07) is 53.0. The molecule has 5 atom stereocenters. The third kappa shape index (κ3) is 20.6. The fraction of sp³-hybridized carbons (Fsp3) is 0.364. The fourth-order valence-electron chi connectivity index (χ4n) is 9.84. The number of carboxylic acid groups (broad SMARTS) is 1. The number of hydrogen-bond acceptors (Lipinski definition) is 14. The van der Waals surface area contributed by atoms with Gasteiger partial charge in [0.25, 0.3) is 0 Å². The van der Waals surface area contributed by atoms with Gasteiger partial charge < -0.3 is 33.5 Å². The van der Waals surface area contributed by atoms with Crippen LogP contribution in [0.3, 0.4) is 0 Å². The lowest BCUT2D eigenvalue weighted by Crippen LogP contribution is -2.60. The number of ether oxygens (including phenoxy) is 6. The van der Waals surface area contributed by atoms with Gasteiger partial charge in [-0.2, -0.15) is 0 Å². The summed E-state index contributed by atoms with van der Waals surface area (Å²) in [4.78, 5) is 65.8. The van der Waals surface area contributed by atoms with Gasteiger partial charge in [0, 0.05) is 51.9 Å². The normalized spacial score (nSPS) is 16.6. The zero-order valence-corrected chi connectivity index (χ0v) is 46.5. The summed E-state index contributed by atoms with van der Waals surface area (Å²) in [6.07, 6.45) is 2.40. The molecule has 0 aliphatic carbocycles. The Morgan fingerprint density at radius 3 is 1.04 bits per heavy atom. The number of aliphatic carboxylic acids is 1. The second-order valence-corrected chi connectivity index (χ2v) is 20.2. The Morgan fingerprint density at radius 2 is 0.728 bits per heavy atom. The maximum atomic E-state index is 14.9. The molecule has 0 spiro atoms. The van der Waals surface area contributed by atoms with E-state index in [1.807, 2.05) is 209 Å². The van der Waals surface area contributed by atoms with Crippen LogP contribution < -0.4 is 0 Å². The summed E-state index contributed by atoms with van der Waals surface area (Å²) in [5.41, 5.74) is 5.20. The molecule has 15 nitrogen and oxygen atoms in total. The monoisotopic (exact) mass is 1100 g/mol. The highest BCUT2D eigenvalue weighted by molar-refractivity contribution is 5.77. The van der Waals surface area contributed by atoms with Gasteiger partial charge in [-0.25, -0.2) is 0 Å². The van der Waals surface area contributed by atoms with Crippen molar-refractivity contribution in [2.75, 3.05) is 65.6 Å². The van der Waals surface area contributed by atoms with E-state index in [0.29, 0.717) is 6.42 Å². The summed E-state index contributed by atoms with van der Waals surface area (Å²) < 4.78 is 37.6. The minimum Gasteiger partial charge on any atom is -0.480 e.